The zero-order valence-electron chi connectivity index (χ0n) is 26.1. The minimum absolute atomic E-state index is 0.919. The van der Waals surface area contributed by atoms with Gasteiger partial charge in [-0.25, -0.2) is 0 Å². The molecule has 0 saturated carbocycles. The predicted octanol–water partition coefficient (Wildman–Crippen LogP) is 13.3. The maximum Gasteiger partial charge on any atom is 0.143 e. The van der Waals surface area contributed by atoms with Crippen molar-refractivity contribution in [2.24, 2.45) is 0 Å². The molecule has 1 heterocycles. The lowest BCUT2D eigenvalue weighted by Crippen LogP contribution is -2.09. The standard InChI is InChI=1S/C46H29NO/c1-2-10-33(11-3-1)47(35-23-26-38-32(29-35)20-25-44-43-13-6-7-16-45(43)48-46(38)44)34-21-17-31(18-22-34)37-14-8-15-39-40(37)27-28-41-36-12-5-4-9-30(36)19-24-42(39)41/h1-29H. The van der Waals surface area contributed by atoms with Gasteiger partial charge in [-0.2, -0.15) is 0 Å². The van der Waals surface area contributed by atoms with Gasteiger partial charge in [0, 0.05) is 33.2 Å². The first-order chi connectivity index (χ1) is 23.8. The lowest BCUT2D eigenvalue weighted by Gasteiger charge is -2.26. The molecule has 2 nitrogen and oxygen atoms in total. The monoisotopic (exact) mass is 611 g/mol. The number of para-hydroxylation sites is 2. The summed E-state index contributed by atoms with van der Waals surface area (Å²) in [5.74, 6) is 0. The zero-order valence-corrected chi connectivity index (χ0v) is 26.1. The van der Waals surface area contributed by atoms with E-state index in [0.717, 1.165) is 49.8 Å². The second-order valence-corrected chi connectivity index (χ2v) is 12.5. The molecule has 0 bridgehead atoms. The number of nitrogens with zero attached hydrogens (tertiary/aromatic N) is 1. The van der Waals surface area contributed by atoms with Crippen LogP contribution in [0.5, 0.6) is 0 Å². The Kier molecular flexibility index (Phi) is 5.91. The van der Waals surface area contributed by atoms with Crippen molar-refractivity contribution in [1.82, 2.24) is 0 Å². The maximum absolute atomic E-state index is 6.35. The van der Waals surface area contributed by atoms with Crippen LogP contribution in [0.3, 0.4) is 0 Å². The summed E-state index contributed by atoms with van der Waals surface area (Å²) in [5, 5.41) is 12.3. The van der Waals surface area contributed by atoms with E-state index in [4.69, 9.17) is 4.42 Å². The summed E-state index contributed by atoms with van der Waals surface area (Å²) < 4.78 is 6.35. The average Bonchev–Trinajstić information content (AvgIpc) is 3.54. The fraction of sp³-hybridized carbons (Fsp3) is 0. The smallest absolute Gasteiger partial charge is 0.143 e. The van der Waals surface area contributed by atoms with Gasteiger partial charge in [0.05, 0.1) is 0 Å². The summed E-state index contributed by atoms with van der Waals surface area (Å²) in [6, 6.07) is 63.3. The summed E-state index contributed by atoms with van der Waals surface area (Å²) in [5.41, 5.74) is 7.60. The molecule has 9 aromatic carbocycles. The van der Waals surface area contributed by atoms with Crippen LogP contribution in [-0.4, -0.2) is 0 Å². The molecule has 0 fully saturated rings. The predicted molar refractivity (Wildman–Crippen MR) is 204 cm³/mol. The van der Waals surface area contributed by atoms with Crippen molar-refractivity contribution in [1.29, 1.82) is 0 Å². The highest BCUT2D eigenvalue weighted by Gasteiger charge is 2.16. The van der Waals surface area contributed by atoms with Crippen molar-refractivity contribution >= 4 is 82.1 Å². The van der Waals surface area contributed by atoms with Gasteiger partial charge in [-0.1, -0.05) is 121 Å². The van der Waals surface area contributed by atoms with Gasteiger partial charge in [-0.05, 0) is 103 Å². The Balaban J connectivity index is 1.08. The number of benzene rings is 9. The SMILES string of the molecule is c1ccc(N(c2ccc(-c3cccc4c3ccc3c5ccccc5ccc43)cc2)c2ccc3c(ccc4c5ccccc5oc34)c2)cc1. The van der Waals surface area contributed by atoms with Crippen molar-refractivity contribution in [3.63, 3.8) is 0 Å². The average molecular weight is 612 g/mol. The molecule has 0 aliphatic carbocycles. The van der Waals surface area contributed by atoms with E-state index >= 15 is 0 Å². The number of anilines is 3. The number of hydrogen-bond acceptors (Lipinski definition) is 2. The van der Waals surface area contributed by atoms with Crippen molar-refractivity contribution < 1.29 is 4.42 Å². The minimum atomic E-state index is 0.919. The van der Waals surface area contributed by atoms with Crippen LogP contribution in [0, 0.1) is 0 Å². The first kappa shape index (κ1) is 26.8. The largest absolute Gasteiger partial charge is 0.455 e. The summed E-state index contributed by atoms with van der Waals surface area (Å²) in [6.07, 6.45) is 0. The van der Waals surface area contributed by atoms with Gasteiger partial charge in [0.2, 0.25) is 0 Å². The van der Waals surface area contributed by atoms with Crippen molar-refractivity contribution in [2.75, 3.05) is 4.90 Å². The molecule has 0 N–H and O–H groups in total. The second kappa shape index (κ2) is 10.6. The lowest BCUT2D eigenvalue weighted by molar-refractivity contribution is 0.672. The molecule has 0 unspecified atom stereocenters. The van der Waals surface area contributed by atoms with Gasteiger partial charge in [-0.3, -0.25) is 0 Å². The molecular formula is C46H29NO. The highest BCUT2D eigenvalue weighted by atomic mass is 16.3. The van der Waals surface area contributed by atoms with Crippen LogP contribution >= 0.6 is 0 Å². The fourth-order valence-corrected chi connectivity index (χ4v) is 7.56. The Labute approximate surface area is 277 Å². The number of fused-ring (bicyclic) bond motifs is 10. The molecule has 0 spiro atoms. The molecule has 1 aromatic heterocycles. The third kappa shape index (κ3) is 4.13. The molecule has 0 radical (unpaired) electrons. The Morgan fingerprint density at radius 3 is 1.83 bits per heavy atom. The van der Waals surface area contributed by atoms with Gasteiger partial charge in [0.1, 0.15) is 11.2 Å². The van der Waals surface area contributed by atoms with Crippen LogP contribution in [0.4, 0.5) is 17.1 Å². The summed E-state index contributed by atoms with van der Waals surface area (Å²) in [6.45, 7) is 0. The van der Waals surface area contributed by atoms with Crippen LogP contribution in [0.2, 0.25) is 0 Å². The topological polar surface area (TPSA) is 16.4 Å². The van der Waals surface area contributed by atoms with Gasteiger partial charge in [0.25, 0.3) is 0 Å². The Bertz CT molecular complexity index is 2830. The summed E-state index contributed by atoms with van der Waals surface area (Å²) in [7, 11) is 0. The number of hydrogen-bond donors (Lipinski definition) is 0. The molecule has 0 aliphatic rings. The molecule has 0 amide bonds. The number of furan rings is 1. The third-order valence-electron chi connectivity index (χ3n) is 9.84. The molecular weight excluding hydrogens is 583 g/mol. The van der Waals surface area contributed by atoms with Gasteiger partial charge < -0.3 is 9.32 Å². The Hall–Kier alpha value is -6.38. The van der Waals surface area contributed by atoms with Gasteiger partial charge in [0.15, 0.2) is 0 Å². The van der Waals surface area contributed by atoms with E-state index in [1.165, 1.54) is 43.4 Å². The summed E-state index contributed by atoms with van der Waals surface area (Å²) >= 11 is 0. The fourth-order valence-electron chi connectivity index (χ4n) is 7.56. The molecule has 48 heavy (non-hydrogen) atoms. The van der Waals surface area contributed by atoms with Crippen molar-refractivity contribution in [3.8, 4) is 11.1 Å². The van der Waals surface area contributed by atoms with E-state index in [2.05, 4.69) is 169 Å². The molecule has 0 atom stereocenters. The molecule has 224 valence electrons. The van der Waals surface area contributed by atoms with Crippen LogP contribution in [0.25, 0.3) is 76.2 Å². The van der Waals surface area contributed by atoms with Gasteiger partial charge >= 0.3 is 0 Å². The highest BCUT2D eigenvalue weighted by molar-refractivity contribution is 6.19. The second-order valence-electron chi connectivity index (χ2n) is 12.5. The van der Waals surface area contributed by atoms with E-state index in [0.29, 0.717) is 0 Å². The Morgan fingerprint density at radius 1 is 0.333 bits per heavy atom. The van der Waals surface area contributed by atoms with Crippen molar-refractivity contribution in [3.05, 3.63) is 176 Å². The molecule has 0 saturated heterocycles. The van der Waals surface area contributed by atoms with E-state index in [9.17, 15) is 0 Å². The molecule has 10 rings (SSSR count). The van der Waals surface area contributed by atoms with E-state index in [1.807, 2.05) is 12.1 Å². The van der Waals surface area contributed by atoms with Crippen molar-refractivity contribution in [2.45, 2.75) is 0 Å². The molecule has 2 heteroatoms. The van der Waals surface area contributed by atoms with E-state index in [-0.39, 0.29) is 0 Å². The quantitative estimate of drug-likeness (QED) is 0.184. The molecule has 0 aliphatic heterocycles. The number of rotatable bonds is 4. The Morgan fingerprint density at radius 2 is 0.938 bits per heavy atom. The normalized spacial score (nSPS) is 11.8. The van der Waals surface area contributed by atoms with E-state index < -0.39 is 0 Å². The van der Waals surface area contributed by atoms with Crippen LogP contribution in [0.1, 0.15) is 0 Å². The van der Waals surface area contributed by atoms with Gasteiger partial charge in [-0.15, -0.1) is 0 Å². The van der Waals surface area contributed by atoms with Crippen LogP contribution in [-0.2, 0) is 0 Å². The summed E-state index contributed by atoms with van der Waals surface area (Å²) in [4.78, 5) is 2.33. The first-order valence-corrected chi connectivity index (χ1v) is 16.4. The van der Waals surface area contributed by atoms with Crippen LogP contribution < -0.4 is 4.90 Å². The molecule has 10 aromatic rings. The third-order valence-corrected chi connectivity index (χ3v) is 9.84. The van der Waals surface area contributed by atoms with Crippen LogP contribution in [0.15, 0.2) is 180 Å². The zero-order chi connectivity index (χ0) is 31.6. The first-order valence-electron chi connectivity index (χ1n) is 16.4. The maximum atomic E-state index is 6.35. The van der Waals surface area contributed by atoms with E-state index in [1.54, 1.807) is 0 Å². The highest BCUT2D eigenvalue weighted by Crippen LogP contribution is 2.41. The minimum Gasteiger partial charge on any atom is -0.455 e. The lowest BCUT2D eigenvalue weighted by atomic mass is 9.92.